The molecule has 2 rings (SSSR count). The van der Waals surface area contributed by atoms with Gasteiger partial charge in [-0.2, -0.15) is 0 Å². The fourth-order valence-corrected chi connectivity index (χ4v) is 3.15. The van der Waals surface area contributed by atoms with Gasteiger partial charge in [-0.25, -0.2) is 4.79 Å². The second-order valence-electron chi connectivity index (χ2n) is 4.46. The quantitative estimate of drug-likeness (QED) is 0.861. The van der Waals surface area contributed by atoms with Crippen molar-refractivity contribution in [1.82, 2.24) is 4.90 Å². The lowest BCUT2D eigenvalue weighted by molar-refractivity contribution is -0.124. The van der Waals surface area contributed by atoms with Crippen molar-refractivity contribution in [3.8, 4) is 0 Å². The van der Waals surface area contributed by atoms with Crippen LogP contribution in [0.1, 0.15) is 33.8 Å². The Morgan fingerprint density at radius 3 is 2.83 bits per heavy atom. The van der Waals surface area contributed by atoms with Crippen molar-refractivity contribution in [2.75, 3.05) is 6.54 Å². The lowest BCUT2D eigenvalue weighted by Gasteiger charge is -2.33. The summed E-state index contributed by atoms with van der Waals surface area (Å²) in [6.07, 6.45) is 2.88. The van der Waals surface area contributed by atoms with E-state index in [4.69, 9.17) is 10.8 Å². The Bertz CT molecular complexity index is 458. The van der Waals surface area contributed by atoms with E-state index in [1.54, 1.807) is 12.1 Å². The van der Waals surface area contributed by atoms with Crippen LogP contribution < -0.4 is 5.73 Å². The molecule has 1 fully saturated rings. The first kappa shape index (κ1) is 13.0. The highest BCUT2D eigenvalue weighted by Crippen LogP contribution is 2.23. The minimum atomic E-state index is -0.906. The summed E-state index contributed by atoms with van der Waals surface area (Å²) in [5.74, 6) is -1.19. The van der Waals surface area contributed by atoms with E-state index in [-0.39, 0.29) is 11.9 Å². The van der Waals surface area contributed by atoms with Gasteiger partial charge >= 0.3 is 5.97 Å². The Balaban J connectivity index is 2.06. The molecule has 1 aromatic rings. The number of carboxylic acid groups (broad SMARTS) is 1. The molecule has 0 radical (unpaired) electrons. The van der Waals surface area contributed by atoms with Gasteiger partial charge in [0.05, 0.1) is 6.04 Å². The summed E-state index contributed by atoms with van der Waals surface area (Å²) < 4.78 is 0. The standard InChI is InChI=1S/C12H16N2O3S/c13-11(15)9-3-1-2-6-14(9)7-8-4-5-10(18-8)12(16)17/h4-5,9H,1-3,6-7H2,(H2,13,15)(H,16,17). The maximum absolute atomic E-state index is 11.4. The summed E-state index contributed by atoms with van der Waals surface area (Å²) >= 11 is 1.26. The van der Waals surface area contributed by atoms with Crippen molar-refractivity contribution >= 4 is 23.2 Å². The Morgan fingerprint density at radius 1 is 1.44 bits per heavy atom. The third kappa shape index (κ3) is 2.88. The van der Waals surface area contributed by atoms with Crippen LogP contribution in [0.5, 0.6) is 0 Å². The third-order valence-electron chi connectivity index (χ3n) is 3.17. The number of amides is 1. The molecule has 5 nitrogen and oxygen atoms in total. The predicted octanol–water partition coefficient (Wildman–Crippen LogP) is 1.29. The predicted molar refractivity (Wildman–Crippen MR) is 68.5 cm³/mol. The van der Waals surface area contributed by atoms with Gasteiger partial charge in [-0.3, -0.25) is 9.69 Å². The average molecular weight is 268 g/mol. The van der Waals surface area contributed by atoms with E-state index in [0.717, 1.165) is 30.7 Å². The molecule has 1 aromatic heterocycles. The first-order valence-corrected chi connectivity index (χ1v) is 6.75. The van der Waals surface area contributed by atoms with Crippen LogP contribution in [-0.4, -0.2) is 34.5 Å². The van der Waals surface area contributed by atoms with Crippen LogP contribution in [0.4, 0.5) is 0 Å². The van der Waals surface area contributed by atoms with Gasteiger partial charge in [-0.15, -0.1) is 11.3 Å². The number of thiophene rings is 1. The molecule has 0 aromatic carbocycles. The summed E-state index contributed by atoms with van der Waals surface area (Å²) in [4.78, 5) is 25.5. The van der Waals surface area contributed by atoms with Gasteiger partial charge in [0.15, 0.2) is 0 Å². The molecule has 1 amide bonds. The molecule has 2 heterocycles. The van der Waals surface area contributed by atoms with Crippen LogP contribution in [0.3, 0.4) is 0 Å². The van der Waals surface area contributed by atoms with E-state index in [0.29, 0.717) is 11.4 Å². The van der Waals surface area contributed by atoms with Crippen LogP contribution in [0.15, 0.2) is 12.1 Å². The van der Waals surface area contributed by atoms with Crippen LogP contribution >= 0.6 is 11.3 Å². The van der Waals surface area contributed by atoms with E-state index >= 15 is 0 Å². The minimum Gasteiger partial charge on any atom is -0.477 e. The van der Waals surface area contributed by atoms with E-state index in [1.165, 1.54) is 11.3 Å². The first-order chi connectivity index (χ1) is 8.58. The molecule has 0 saturated carbocycles. The summed E-state index contributed by atoms with van der Waals surface area (Å²) in [5.41, 5.74) is 5.39. The fraction of sp³-hybridized carbons (Fsp3) is 0.500. The highest BCUT2D eigenvalue weighted by molar-refractivity contribution is 7.13. The number of primary amides is 1. The van der Waals surface area contributed by atoms with Crippen LogP contribution in [0, 0.1) is 0 Å². The van der Waals surface area contributed by atoms with E-state index < -0.39 is 5.97 Å². The smallest absolute Gasteiger partial charge is 0.345 e. The number of hydrogen-bond donors (Lipinski definition) is 2. The highest BCUT2D eigenvalue weighted by Gasteiger charge is 2.27. The number of nitrogens with two attached hydrogens (primary N) is 1. The van der Waals surface area contributed by atoms with Crippen molar-refractivity contribution in [2.24, 2.45) is 5.73 Å². The van der Waals surface area contributed by atoms with Gasteiger partial charge in [0.25, 0.3) is 0 Å². The van der Waals surface area contributed by atoms with Gasteiger partial charge in [-0.1, -0.05) is 6.42 Å². The molecule has 0 bridgehead atoms. The largest absolute Gasteiger partial charge is 0.477 e. The first-order valence-electron chi connectivity index (χ1n) is 5.93. The summed E-state index contributed by atoms with van der Waals surface area (Å²) in [6, 6.07) is 3.20. The molecule has 3 N–H and O–H groups in total. The number of piperidine rings is 1. The molecule has 18 heavy (non-hydrogen) atoms. The molecule has 6 heteroatoms. The van der Waals surface area contributed by atoms with Crippen LogP contribution in [-0.2, 0) is 11.3 Å². The highest BCUT2D eigenvalue weighted by atomic mass is 32.1. The Hall–Kier alpha value is -1.40. The molecule has 98 valence electrons. The van der Waals surface area contributed by atoms with Crippen molar-refractivity contribution in [1.29, 1.82) is 0 Å². The number of rotatable bonds is 4. The zero-order valence-electron chi connectivity index (χ0n) is 9.96. The van der Waals surface area contributed by atoms with Crippen molar-refractivity contribution < 1.29 is 14.7 Å². The number of carboxylic acids is 1. The van der Waals surface area contributed by atoms with Crippen LogP contribution in [0.25, 0.3) is 0 Å². The molecule has 1 atom stereocenters. The van der Waals surface area contributed by atoms with Crippen molar-refractivity contribution in [2.45, 2.75) is 31.8 Å². The number of likely N-dealkylation sites (tertiary alicyclic amines) is 1. The van der Waals surface area contributed by atoms with Gasteiger partial charge in [0.1, 0.15) is 4.88 Å². The maximum Gasteiger partial charge on any atom is 0.345 e. The normalized spacial score (nSPS) is 20.8. The molecule has 0 aliphatic carbocycles. The molecule has 1 aliphatic heterocycles. The third-order valence-corrected chi connectivity index (χ3v) is 4.23. The van der Waals surface area contributed by atoms with Gasteiger partial charge in [0, 0.05) is 11.4 Å². The fourth-order valence-electron chi connectivity index (χ4n) is 2.28. The lowest BCUT2D eigenvalue weighted by atomic mass is 10.0. The van der Waals surface area contributed by atoms with Gasteiger partial charge in [-0.05, 0) is 31.5 Å². The molecule has 1 saturated heterocycles. The number of aromatic carboxylic acids is 1. The minimum absolute atomic E-state index is 0.214. The zero-order chi connectivity index (χ0) is 13.1. The number of carbonyl (C=O) groups excluding carboxylic acids is 1. The lowest BCUT2D eigenvalue weighted by Crippen LogP contribution is -2.46. The Morgan fingerprint density at radius 2 is 2.22 bits per heavy atom. The van der Waals surface area contributed by atoms with E-state index in [2.05, 4.69) is 0 Å². The molecular formula is C12H16N2O3S. The Kier molecular flexibility index (Phi) is 3.98. The van der Waals surface area contributed by atoms with E-state index in [9.17, 15) is 9.59 Å². The average Bonchev–Trinajstić information content (AvgIpc) is 2.78. The Labute approximate surface area is 109 Å². The zero-order valence-corrected chi connectivity index (χ0v) is 10.8. The number of carbonyl (C=O) groups is 2. The number of hydrogen-bond acceptors (Lipinski definition) is 4. The molecule has 1 aliphatic rings. The molecule has 1 unspecified atom stereocenters. The number of nitrogens with zero attached hydrogens (tertiary/aromatic N) is 1. The summed E-state index contributed by atoms with van der Waals surface area (Å²) in [6.45, 7) is 1.44. The van der Waals surface area contributed by atoms with E-state index in [1.807, 2.05) is 4.90 Å². The van der Waals surface area contributed by atoms with Crippen molar-refractivity contribution in [3.05, 3.63) is 21.9 Å². The topological polar surface area (TPSA) is 83.6 Å². The molecule has 0 spiro atoms. The van der Waals surface area contributed by atoms with Gasteiger partial charge in [0.2, 0.25) is 5.91 Å². The van der Waals surface area contributed by atoms with Crippen LogP contribution in [0.2, 0.25) is 0 Å². The maximum atomic E-state index is 11.4. The summed E-state index contributed by atoms with van der Waals surface area (Å²) in [5, 5.41) is 8.87. The summed E-state index contributed by atoms with van der Waals surface area (Å²) in [7, 11) is 0. The SMILES string of the molecule is NC(=O)C1CCCCN1Cc1ccc(C(=O)O)s1. The van der Waals surface area contributed by atoms with Crippen molar-refractivity contribution in [3.63, 3.8) is 0 Å². The second kappa shape index (κ2) is 5.49. The second-order valence-corrected chi connectivity index (χ2v) is 5.62. The monoisotopic (exact) mass is 268 g/mol. The van der Waals surface area contributed by atoms with Gasteiger partial charge < -0.3 is 10.8 Å². The molecular weight excluding hydrogens is 252 g/mol.